The Morgan fingerprint density at radius 3 is 2.72 bits per heavy atom. The van der Waals surface area contributed by atoms with Crippen molar-refractivity contribution in [3.8, 4) is 0 Å². The standard InChI is InChI=1S/C12H17N5S/c1-3-10-15-11(8(2)12(16-10)17-13)14-7-9-5-4-6-18-9/h4-6H,3,7,13H2,1-2H3,(H2,14,15,16,17). The summed E-state index contributed by atoms with van der Waals surface area (Å²) < 4.78 is 0. The van der Waals surface area contributed by atoms with Gasteiger partial charge in [-0.3, -0.25) is 0 Å². The summed E-state index contributed by atoms with van der Waals surface area (Å²) >= 11 is 1.72. The van der Waals surface area contributed by atoms with Crippen LogP contribution in [-0.2, 0) is 13.0 Å². The van der Waals surface area contributed by atoms with Crippen molar-refractivity contribution in [1.29, 1.82) is 0 Å². The lowest BCUT2D eigenvalue weighted by Gasteiger charge is -2.12. The van der Waals surface area contributed by atoms with Gasteiger partial charge in [0.15, 0.2) is 0 Å². The van der Waals surface area contributed by atoms with E-state index in [9.17, 15) is 0 Å². The molecule has 0 amide bonds. The third-order valence-electron chi connectivity index (χ3n) is 2.66. The zero-order valence-corrected chi connectivity index (χ0v) is 11.3. The van der Waals surface area contributed by atoms with Gasteiger partial charge in [0, 0.05) is 16.9 Å². The maximum Gasteiger partial charge on any atom is 0.148 e. The van der Waals surface area contributed by atoms with E-state index in [1.807, 2.05) is 19.9 Å². The van der Waals surface area contributed by atoms with E-state index >= 15 is 0 Å². The lowest BCUT2D eigenvalue weighted by molar-refractivity contribution is 0.922. The quantitative estimate of drug-likeness (QED) is 0.570. The predicted molar refractivity (Wildman–Crippen MR) is 75.6 cm³/mol. The Hall–Kier alpha value is -1.66. The van der Waals surface area contributed by atoms with Crippen molar-refractivity contribution in [2.24, 2.45) is 5.84 Å². The van der Waals surface area contributed by atoms with Gasteiger partial charge in [0.1, 0.15) is 17.5 Å². The van der Waals surface area contributed by atoms with Gasteiger partial charge < -0.3 is 10.7 Å². The van der Waals surface area contributed by atoms with Crippen LogP contribution in [0.3, 0.4) is 0 Å². The largest absolute Gasteiger partial charge is 0.365 e. The van der Waals surface area contributed by atoms with Gasteiger partial charge in [0.2, 0.25) is 0 Å². The highest BCUT2D eigenvalue weighted by Crippen LogP contribution is 2.20. The number of rotatable bonds is 5. The fourth-order valence-electron chi connectivity index (χ4n) is 1.62. The van der Waals surface area contributed by atoms with Gasteiger partial charge in [-0.2, -0.15) is 0 Å². The summed E-state index contributed by atoms with van der Waals surface area (Å²) in [7, 11) is 0. The molecular weight excluding hydrogens is 246 g/mol. The first-order chi connectivity index (χ1) is 8.74. The second-order valence-corrected chi connectivity index (χ2v) is 4.93. The van der Waals surface area contributed by atoms with Gasteiger partial charge in [0.05, 0.1) is 6.54 Å². The van der Waals surface area contributed by atoms with Crippen LogP contribution < -0.4 is 16.6 Å². The van der Waals surface area contributed by atoms with Gasteiger partial charge >= 0.3 is 0 Å². The van der Waals surface area contributed by atoms with E-state index in [4.69, 9.17) is 5.84 Å². The summed E-state index contributed by atoms with van der Waals surface area (Å²) in [4.78, 5) is 10.1. The van der Waals surface area contributed by atoms with E-state index in [1.54, 1.807) is 11.3 Å². The molecule has 2 aromatic rings. The number of nitrogens with one attached hydrogen (secondary N) is 2. The van der Waals surface area contributed by atoms with E-state index in [0.29, 0.717) is 5.82 Å². The molecule has 2 heterocycles. The van der Waals surface area contributed by atoms with Gasteiger partial charge in [0.25, 0.3) is 0 Å². The average molecular weight is 263 g/mol. The molecule has 6 heteroatoms. The predicted octanol–water partition coefficient (Wildman–Crippen LogP) is 2.31. The lowest BCUT2D eigenvalue weighted by Crippen LogP contribution is -2.14. The molecule has 0 aliphatic heterocycles. The Labute approximate surface area is 110 Å². The number of hydrogen-bond donors (Lipinski definition) is 3. The Morgan fingerprint density at radius 2 is 2.11 bits per heavy atom. The number of nitrogens with zero attached hydrogens (tertiary/aromatic N) is 2. The normalized spacial score (nSPS) is 10.4. The summed E-state index contributed by atoms with van der Waals surface area (Å²) in [6, 6.07) is 4.13. The van der Waals surface area contributed by atoms with Gasteiger partial charge in [-0.15, -0.1) is 11.3 Å². The Morgan fingerprint density at radius 1 is 1.33 bits per heavy atom. The SMILES string of the molecule is CCc1nc(NN)c(C)c(NCc2cccs2)n1. The number of nitrogen functional groups attached to an aromatic ring is 1. The molecule has 2 rings (SSSR count). The van der Waals surface area contributed by atoms with Crippen molar-refractivity contribution in [2.75, 3.05) is 10.7 Å². The fourth-order valence-corrected chi connectivity index (χ4v) is 2.26. The Kier molecular flexibility index (Phi) is 4.11. The number of anilines is 2. The molecule has 0 aliphatic carbocycles. The molecule has 0 unspecified atom stereocenters. The van der Waals surface area contributed by atoms with Crippen LogP contribution in [0, 0.1) is 6.92 Å². The smallest absolute Gasteiger partial charge is 0.148 e. The minimum atomic E-state index is 0.676. The Bertz CT molecular complexity index is 509. The summed E-state index contributed by atoms with van der Waals surface area (Å²) in [5.41, 5.74) is 3.55. The maximum absolute atomic E-state index is 5.47. The van der Waals surface area contributed by atoms with Crippen LogP contribution in [0.25, 0.3) is 0 Å². The van der Waals surface area contributed by atoms with Crippen molar-refractivity contribution < 1.29 is 0 Å². The third kappa shape index (κ3) is 2.77. The summed E-state index contributed by atoms with van der Waals surface area (Å²) in [6.45, 7) is 4.74. The number of hydrogen-bond acceptors (Lipinski definition) is 6. The zero-order chi connectivity index (χ0) is 13.0. The van der Waals surface area contributed by atoms with Crippen molar-refractivity contribution in [1.82, 2.24) is 9.97 Å². The molecule has 96 valence electrons. The molecule has 0 fully saturated rings. The summed E-state index contributed by atoms with van der Waals surface area (Å²) in [5, 5.41) is 5.39. The highest BCUT2D eigenvalue weighted by Gasteiger charge is 2.09. The van der Waals surface area contributed by atoms with E-state index in [0.717, 1.165) is 30.2 Å². The van der Waals surface area contributed by atoms with Gasteiger partial charge in [-0.05, 0) is 18.4 Å². The fraction of sp³-hybridized carbons (Fsp3) is 0.333. The molecule has 0 aliphatic rings. The van der Waals surface area contributed by atoms with Crippen LogP contribution in [0.15, 0.2) is 17.5 Å². The number of thiophene rings is 1. The van der Waals surface area contributed by atoms with Crippen LogP contribution in [0.2, 0.25) is 0 Å². The monoisotopic (exact) mass is 263 g/mol. The van der Waals surface area contributed by atoms with Crippen molar-refractivity contribution in [3.63, 3.8) is 0 Å². The first kappa shape index (κ1) is 12.8. The summed E-state index contributed by atoms with van der Waals surface area (Å²) in [5.74, 6) is 7.76. The third-order valence-corrected chi connectivity index (χ3v) is 3.53. The molecule has 0 saturated carbocycles. The molecule has 0 saturated heterocycles. The first-order valence-electron chi connectivity index (χ1n) is 5.85. The number of hydrazine groups is 1. The first-order valence-corrected chi connectivity index (χ1v) is 6.73. The van der Waals surface area contributed by atoms with Crippen LogP contribution >= 0.6 is 11.3 Å². The van der Waals surface area contributed by atoms with Crippen LogP contribution in [0.5, 0.6) is 0 Å². The second-order valence-electron chi connectivity index (χ2n) is 3.89. The van der Waals surface area contributed by atoms with Crippen molar-refractivity contribution >= 4 is 23.0 Å². The average Bonchev–Trinajstić information content (AvgIpc) is 2.90. The van der Waals surface area contributed by atoms with E-state index in [-0.39, 0.29) is 0 Å². The second kappa shape index (κ2) is 5.79. The number of nitrogens with two attached hydrogens (primary N) is 1. The molecule has 0 atom stereocenters. The molecule has 4 N–H and O–H groups in total. The van der Waals surface area contributed by atoms with E-state index in [2.05, 4.69) is 32.2 Å². The molecule has 0 radical (unpaired) electrons. The highest BCUT2D eigenvalue weighted by molar-refractivity contribution is 7.09. The topological polar surface area (TPSA) is 75.9 Å². The molecule has 2 aromatic heterocycles. The minimum absolute atomic E-state index is 0.676. The van der Waals surface area contributed by atoms with Crippen LogP contribution in [0.1, 0.15) is 23.2 Å². The van der Waals surface area contributed by atoms with Crippen LogP contribution in [-0.4, -0.2) is 9.97 Å². The van der Waals surface area contributed by atoms with Crippen LogP contribution in [0.4, 0.5) is 11.6 Å². The maximum atomic E-state index is 5.47. The molecule has 5 nitrogen and oxygen atoms in total. The lowest BCUT2D eigenvalue weighted by atomic mass is 10.3. The number of aryl methyl sites for hydroxylation is 1. The molecule has 0 bridgehead atoms. The van der Waals surface area contributed by atoms with E-state index in [1.165, 1.54) is 4.88 Å². The minimum Gasteiger partial charge on any atom is -0.365 e. The molecule has 18 heavy (non-hydrogen) atoms. The van der Waals surface area contributed by atoms with E-state index < -0.39 is 0 Å². The Balaban J connectivity index is 2.20. The van der Waals surface area contributed by atoms with Crippen molar-refractivity contribution in [2.45, 2.75) is 26.8 Å². The number of aromatic nitrogens is 2. The summed E-state index contributed by atoms with van der Waals surface area (Å²) in [6.07, 6.45) is 0.780. The van der Waals surface area contributed by atoms with Gasteiger partial charge in [-0.1, -0.05) is 13.0 Å². The van der Waals surface area contributed by atoms with Gasteiger partial charge in [-0.25, -0.2) is 15.8 Å². The highest BCUT2D eigenvalue weighted by atomic mass is 32.1. The molecular formula is C12H17N5S. The van der Waals surface area contributed by atoms with Crippen molar-refractivity contribution in [3.05, 3.63) is 33.8 Å². The zero-order valence-electron chi connectivity index (χ0n) is 10.5. The molecule has 0 aromatic carbocycles. The molecule has 0 spiro atoms.